The van der Waals surface area contributed by atoms with Crippen LogP contribution in [0.4, 0.5) is 5.82 Å². The maximum absolute atomic E-state index is 10.0. The number of hydrogen-bond acceptors (Lipinski definition) is 5. The summed E-state index contributed by atoms with van der Waals surface area (Å²) in [7, 11) is 0. The predicted molar refractivity (Wildman–Crippen MR) is 128 cm³/mol. The number of aryl methyl sites for hydroxylation is 1. The van der Waals surface area contributed by atoms with Gasteiger partial charge in [0.25, 0.3) is 0 Å². The Morgan fingerprint density at radius 2 is 2.03 bits per heavy atom. The van der Waals surface area contributed by atoms with Crippen LogP contribution in [0, 0.1) is 18.8 Å². The average molecular weight is 419 g/mol. The number of nitrogen functional groups attached to an aromatic ring is 1. The number of hydrogen-bond donors (Lipinski definition) is 3. The van der Waals surface area contributed by atoms with Gasteiger partial charge in [-0.25, -0.2) is 0 Å². The van der Waals surface area contributed by atoms with E-state index in [4.69, 9.17) is 16.2 Å². The summed E-state index contributed by atoms with van der Waals surface area (Å²) in [5.74, 6) is 7.00. The van der Waals surface area contributed by atoms with Gasteiger partial charge in [0.2, 0.25) is 0 Å². The topological polar surface area (TPSA) is 89.7 Å². The molecule has 0 atom stereocenters. The van der Waals surface area contributed by atoms with Crippen LogP contribution >= 0.6 is 0 Å². The van der Waals surface area contributed by atoms with Crippen LogP contribution in [0.5, 0.6) is 5.75 Å². The molecule has 0 amide bonds. The van der Waals surface area contributed by atoms with Crippen molar-refractivity contribution in [2.24, 2.45) is 5.73 Å². The van der Waals surface area contributed by atoms with E-state index in [0.29, 0.717) is 22.3 Å². The first-order valence-electron chi connectivity index (χ1n) is 10.2. The zero-order valence-corrected chi connectivity index (χ0v) is 18.2. The van der Waals surface area contributed by atoms with Crippen LogP contribution in [0.15, 0.2) is 36.4 Å². The van der Waals surface area contributed by atoms with E-state index in [2.05, 4.69) is 29.9 Å². The molecule has 1 aliphatic rings. The van der Waals surface area contributed by atoms with Gasteiger partial charge in [-0.15, -0.1) is 0 Å². The summed E-state index contributed by atoms with van der Waals surface area (Å²) in [4.78, 5) is 2.28. The van der Waals surface area contributed by atoms with Gasteiger partial charge in [-0.1, -0.05) is 31.1 Å². The fourth-order valence-corrected chi connectivity index (χ4v) is 3.59. The number of phenolic OH excluding ortho intramolecular Hbond substituents is 1. The van der Waals surface area contributed by atoms with Crippen LogP contribution in [-0.2, 0) is 4.74 Å². The minimum atomic E-state index is 0.152. The number of morpholine rings is 1. The Labute approximate surface area is 183 Å². The molecule has 2 aromatic rings. The van der Waals surface area contributed by atoms with Crippen molar-refractivity contribution in [2.45, 2.75) is 13.8 Å². The molecule has 5 N–H and O–H groups in total. The molecule has 162 valence electrons. The number of ether oxygens (including phenoxy) is 1. The third-order valence-electron chi connectivity index (χ3n) is 5.29. The van der Waals surface area contributed by atoms with Crippen molar-refractivity contribution in [1.82, 2.24) is 9.47 Å². The molecular formula is C25H30N4O2. The van der Waals surface area contributed by atoms with Crippen LogP contribution in [0.1, 0.15) is 18.1 Å². The number of rotatable bonds is 4. The van der Waals surface area contributed by atoms with Gasteiger partial charge in [0, 0.05) is 35.6 Å². The quantitative estimate of drug-likeness (QED) is 0.655. The highest BCUT2D eigenvalue weighted by molar-refractivity contribution is 5.74. The largest absolute Gasteiger partial charge is 0.508 e. The molecule has 3 rings (SSSR count). The van der Waals surface area contributed by atoms with Crippen molar-refractivity contribution in [2.75, 3.05) is 38.6 Å². The van der Waals surface area contributed by atoms with Crippen LogP contribution < -0.4 is 22.0 Å². The lowest BCUT2D eigenvalue weighted by Crippen LogP contribution is -2.36. The lowest BCUT2D eigenvalue weighted by atomic mass is 10.2. The smallest absolute Gasteiger partial charge is 0.118 e. The van der Waals surface area contributed by atoms with Gasteiger partial charge in [-0.3, -0.25) is 9.47 Å². The number of aromatic hydroxyl groups is 1. The third kappa shape index (κ3) is 5.02. The van der Waals surface area contributed by atoms with Gasteiger partial charge in [0.05, 0.1) is 30.8 Å². The standard InChI is InChI=1S/C25H30N4O2/c1-17(6-5-11-28-12-14-31-15-13-28)7-10-22-19(3)24(20(4)26)25(27)29(22)23-16-21(30)9-8-18(23)2/h7-10,16,30H,3-4,11-15,26-27H2,1-2H3/b17-7+,22-10+. The number of nitrogens with two attached hydrogens (primary N) is 2. The van der Waals surface area contributed by atoms with Gasteiger partial charge in [-0.05, 0) is 43.2 Å². The molecule has 6 heteroatoms. The highest BCUT2D eigenvalue weighted by atomic mass is 16.5. The summed E-state index contributed by atoms with van der Waals surface area (Å²) >= 11 is 0. The number of allylic oxidation sites excluding steroid dienone is 2. The molecule has 1 aromatic carbocycles. The molecule has 0 spiro atoms. The molecule has 1 saturated heterocycles. The van der Waals surface area contributed by atoms with E-state index in [0.717, 1.165) is 55.0 Å². The normalized spacial score (nSPS) is 15.5. The fraction of sp³-hybridized carbons (Fsp3) is 0.280. The highest BCUT2D eigenvalue weighted by Crippen LogP contribution is 2.23. The highest BCUT2D eigenvalue weighted by Gasteiger charge is 2.15. The molecule has 1 fully saturated rings. The van der Waals surface area contributed by atoms with E-state index >= 15 is 0 Å². The maximum atomic E-state index is 10.0. The molecule has 0 unspecified atom stereocenters. The Morgan fingerprint density at radius 1 is 1.32 bits per heavy atom. The SMILES string of the molecule is C=C(N)c1c(N)n(-c2cc(O)ccc2C)/c(=C/C=C(\C)C#CCN2CCOCC2)c1=C. The van der Waals surface area contributed by atoms with Gasteiger partial charge >= 0.3 is 0 Å². The minimum Gasteiger partial charge on any atom is -0.508 e. The second kappa shape index (κ2) is 9.61. The molecule has 0 aliphatic carbocycles. The number of benzene rings is 1. The molecule has 2 heterocycles. The van der Waals surface area contributed by atoms with Crippen LogP contribution in [0.2, 0.25) is 0 Å². The fourth-order valence-electron chi connectivity index (χ4n) is 3.59. The maximum Gasteiger partial charge on any atom is 0.118 e. The van der Waals surface area contributed by atoms with Crippen LogP contribution in [0.3, 0.4) is 0 Å². The third-order valence-corrected chi connectivity index (χ3v) is 5.29. The van der Waals surface area contributed by atoms with E-state index in [9.17, 15) is 5.11 Å². The van der Waals surface area contributed by atoms with E-state index < -0.39 is 0 Å². The lowest BCUT2D eigenvalue weighted by molar-refractivity contribution is 0.0443. The van der Waals surface area contributed by atoms with Crippen molar-refractivity contribution in [3.8, 4) is 23.3 Å². The summed E-state index contributed by atoms with van der Waals surface area (Å²) < 4.78 is 7.21. The summed E-state index contributed by atoms with van der Waals surface area (Å²) in [5, 5.41) is 11.5. The molecule has 1 aliphatic heterocycles. The lowest BCUT2D eigenvalue weighted by Gasteiger charge is -2.24. The number of aromatic nitrogens is 1. The molecule has 31 heavy (non-hydrogen) atoms. The zero-order chi connectivity index (χ0) is 22.5. The molecule has 1 aromatic heterocycles. The average Bonchev–Trinajstić information content (AvgIpc) is 2.98. The van der Waals surface area contributed by atoms with E-state index in [-0.39, 0.29) is 5.75 Å². The van der Waals surface area contributed by atoms with Crippen molar-refractivity contribution < 1.29 is 9.84 Å². The van der Waals surface area contributed by atoms with Crippen molar-refractivity contribution >= 4 is 24.2 Å². The number of anilines is 1. The summed E-state index contributed by atoms with van der Waals surface area (Å²) in [6.07, 6.45) is 3.86. The van der Waals surface area contributed by atoms with Crippen molar-refractivity contribution in [3.05, 3.63) is 58.1 Å². The molecule has 0 saturated carbocycles. The Morgan fingerprint density at radius 3 is 2.71 bits per heavy atom. The monoisotopic (exact) mass is 418 g/mol. The van der Waals surface area contributed by atoms with Crippen LogP contribution in [-0.4, -0.2) is 47.4 Å². The first kappa shape index (κ1) is 22.3. The summed E-state index contributed by atoms with van der Waals surface area (Å²) in [6, 6.07) is 5.15. The number of phenols is 1. The Kier molecular flexibility index (Phi) is 6.91. The minimum absolute atomic E-state index is 0.152. The van der Waals surface area contributed by atoms with Gasteiger partial charge < -0.3 is 21.3 Å². The molecule has 0 bridgehead atoms. The molecule has 6 nitrogen and oxygen atoms in total. The Balaban J connectivity index is 2.03. The Hall–Kier alpha value is -3.40. The molecular weight excluding hydrogens is 388 g/mol. The summed E-state index contributed by atoms with van der Waals surface area (Å²) in [6.45, 7) is 16.0. The van der Waals surface area contributed by atoms with Gasteiger partial charge in [0.1, 0.15) is 11.6 Å². The number of nitrogens with zero attached hydrogens (tertiary/aromatic N) is 2. The zero-order valence-electron chi connectivity index (χ0n) is 18.2. The van der Waals surface area contributed by atoms with Crippen LogP contribution in [0.25, 0.3) is 24.0 Å². The van der Waals surface area contributed by atoms with E-state index in [1.165, 1.54) is 0 Å². The molecule has 0 radical (unpaired) electrons. The second-order valence-electron chi connectivity index (χ2n) is 7.66. The van der Waals surface area contributed by atoms with E-state index in [1.807, 2.05) is 36.6 Å². The van der Waals surface area contributed by atoms with Gasteiger partial charge in [0.15, 0.2) is 0 Å². The summed E-state index contributed by atoms with van der Waals surface area (Å²) in [5.41, 5.74) is 16.0. The second-order valence-corrected chi connectivity index (χ2v) is 7.66. The van der Waals surface area contributed by atoms with Gasteiger partial charge in [-0.2, -0.15) is 0 Å². The first-order chi connectivity index (χ1) is 14.8. The van der Waals surface area contributed by atoms with Crippen molar-refractivity contribution in [1.29, 1.82) is 0 Å². The van der Waals surface area contributed by atoms with Crippen molar-refractivity contribution in [3.63, 3.8) is 0 Å². The predicted octanol–water partition coefficient (Wildman–Crippen LogP) is 1.48. The first-order valence-corrected chi connectivity index (χ1v) is 10.2. The van der Waals surface area contributed by atoms with E-state index in [1.54, 1.807) is 12.1 Å². The Bertz CT molecular complexity index is 1190.